The Balaban J connectivity index is 2.80. The summed E-state index contributed by atoms with van der Waals surface area (Å²) < 4.78 is 5.02. The number of carbonyl (C=O) groups is 2. The third-order valence-corrected chi connectivity index (χ3v) is 3.07. The van der Waals surface area contributed by atoms with Gasteiger partial charge < -0.3 is 25.4 Å². The van der Waals surface area contributed by atoms with Gasteiger partial charge in [0.2, 0.25) is 0 Å². The summed E-state index contributed by atoms with van der Waals surface area (Å²) in [7, 11) is 0. The fourth-order valence-electron chi connectivity index (χ4n) is 2.07. The van der Waals surface area contributed by atoms with E-state index in [2.05, 4.69) is 5.32 Å². The van der Waals surface area contributed by atoms with Crippen LogP contribution in [0.3, 0.4) is 0 Å². The van der Waals surface area contributed by atoms with E-state index in [4.69, 9.17) is 4.74 Å². The van der Waals surface area contributed by atoms with Gasteiger partial charge in [0.1, 0.15) is 17.8 Å². The van der Waals surface area contributed by atoms with E-state index in [1.54, 1.807) is 39.8 Å². The smallest absolute Gasteiger partial charge is 0.407 e. The van der Waals surface area contributed by atoms with Gasteiger partial charge in [0, 0.05) is 12.1 Å². The number of hydrogen-bond donors (Lipinski definition) is 4. The van der Waals surface area contributed by atoms with Crippen LogP contribution in [0.5, 0.6) is 0 Å². The summed E-state index contributed by atoms with van der Waals surface area (Å²) in [6.45, 7) is 6.46. The summed E-state index contributed by atoms with van der Waals surface area (Å²) in [5.74, 6) is -1.20. The molecule has 7 nitrogen and oxygen atoms in total. The van der Waals surface area contributed by atoms with Crippen LogP contribution in [0.15, 0.2) is 18.2 Å². The number of hydrogen-bond acceptors (Lipinski definition) is 5. The monoisotopic (exact) mass is 325 g/mol. The Hall–Kier alpha value is -2.12. The summed E-state index contributed by atoms with van der Waals surface area (Å²) in [5, 5.41) is 31.8. The maximum Gasteiger partial charge on any atom is 0.407 e. The van der Waals surface area contributed by atoms with Crippen LogP contribution in [0.25, 0.3) is 0 Å². The number of rotatable bonds is 5. The highest BCUT2D eigenvalue weighted by molar-refractivity contribution is 5.90. The van der Waals surface area contributed by atoms with Crippen molar-refractivity contribution in [3.8, 4) is 0 Å². The minimum atomic E-state index is -1.45. The molecule has 1 aromatic rings. The molecule has 0 aliphatic rings. The number of carbonyl (C=O) groups excluding carboxylic acids is 1. The first kappa shape index (κ1) is 18.9. The maximum absolute atomic E-state index is 11.5. The lowest BCUT2D eigenvalue weighted by atomic mass is 9.94. The molecule has 1 amide bonds. The van der Waals surface area contributed by atoms with Gasteiger partial charge in [0.15, 0.2) is 0 Å². The number of aliphatic hydroxyl groups excluding tert-OH is 2. The predicted molar refractivity (Wildman–Crippen MR) is 83.3 cm³/mol. The number of ether oxygens (including phenoxy) is 1. The minimum absolute atomic E-state index is 0.0891. The van der Waals surface area contributed by atoms with Gasteiger partial charge in [-0.05, 0) is 39.3 Å². The standard InChI is InChI=1S/C16H23NO6/c1-9-6-5-7-10(14(20)21)12(9)13(19)11(18)8-17-15(22)23-16(2,3)4/h5-7,11,13,18-19H,8H2,1-4H3,(H,17,22)(H,20,21). The first-order chi connectivity index (χ1) is 10.5. The molecule has 0 spiro atoms. The molecule has 0 aromatic heterocycles. The van der Waals surface area contributed by atoms with Gasteiger partial charge in [0.05, 0.1) is 5.56 Å². The van der Waals surface area contributed by atoms with Gasteiger partial charge in [-0.1, -0.05) is 12.1 Å². The van der Waals surface area contributed by atoms with Crippen molar-refractivity contribution >= 4 is 12.1 Å². The van der Waals surface area contributed by atoms with E-state index in [1.807, 2.05) is 0 Å². The van der Waals surface area contributed by atoms with Crippen molar-refractivity contribution in [3.63, 3.8) is 0 Å². The molecule has 1 aromatic carbocycles. The number of alkyl carbamates (subject to hydrolysis) is 1. The van der Waals surface area contributed by atoms with Crippen LogP contribution in [0.1, 0.15) is 48.4 Å². The number of aromatic carboxylic acids is 1. The van der Waals surface area contributed by atoms with Gasteiger partial charge in [-0.2, -0.15) is 0 Å². The average molecular weight is 325 g/mol. The Morgan fingerprint density at radius 3 is 2.39 bits per heavy atom. The van der Waals surface area contributed by atoms with Gasteiger partial charge in [-0.15, -0.1) is 0 Å². The fourth-order valence-corrected chi connectivity index (χ4v) is 2.07. The second kappa shape index (κ2) is 7.43. The Bertz CT molecular complexity index is 578. The molecule has 2 unspecified atom stereocenters. The third kappa shape index (κ3) is 5.54. The SMILES string of the molecule is Cc1cccc(C(=O)O)c1C(O)C(O)CNC(=O)OC(C)(C)C. The average Bonchev–Trinajstić information content (AvgIpc) is 2.41. The molecular weight excluding hydrogens is 302 g/mol. The second-order valence-corrected chi connectivity index (χ2v) is 6.24. The molecule has 2 atom stereocenters. The van der Waals surface area contributed by atoms with Crippen molar-refractivity contribution in [3.05, 3.63) is 34.9 Å². The fraction of sp³-hybridized carbons (Fsp3) is 0.500. The molecule has 0 fully saturated rings. The van der Waals surface area contributed by atoms with Crippen molar-refractivity contribution < 1.29 is 29.6 Å². The second-order valence-electron chi connectivity index (χ2n) is 6.24. The molecule has 1 rings (SSSR count). The van der Waals surface area contributed by atoms with Crippen molar-refractivity contribution in [2.75, 3.05) is 6.54 Å². The van der Waals surface area contributed by atoms with Crippen molar-refractivity contribution in [2.24, 2.45) is 0 Å². The lowest BCUT2D eigenvalue weighted by Crippen LogP contribution is -2.39. The van der Waals surface area contributed by atoms with E-state index in [-0.39, 0.29) is 17.7 Å². The molecule has 128 valence electrons. The van der Waals surface area contributed by atoms with Gasteiger partial charge in [-0.3, -0.25) is 0 Å². The van der Waals surface area contributed by atoms with E-state index in [0.29, 0.717) is 5.56 Å². The highest BCUT2D eigenvalue weighted by Gasteiger charge is 2.26. The molecule has 0 saturated carbocycles. The number of aliphatic hydroxyl groups is 2. The highest BCUT2D eigenvalue weighted by atomic mass is 16.6. The zero-order valence-corrected chi connectivity index (χ0v) is 13.7. The van der Waals surface area contributed by atoms with Gasteiger partial charge in [-0.25, -0.2) is 9.59 Å². The summed E-state index contributed by atoms with van der Waals surface area (Å²) >= 11 is 0. The van der Waals surface area contributed by atoms with Crippen LogP contribution in [-0.4, -0.2) is 45.6 Å². The molecule has 0 bridgehead atoms. The Kier molecular flexibility index (Phi) is 6.12. The van der Waals surface area contributed by atoms with Crippen LogP contribution < -0.4 is 5.32 Å². The maximum atomic E-state index is 11.5. The third-order valence-electron chi connectivity index (χ3n) is 3.07. The zero-order valence-electron chi connectivity index (χ0n) is 13.7. The molecule has 0 radical (unpaired) electrons. The largest absolute Gasteiger partial charge is 0.478 e. The van der Waals surface area contributed by atoms with E-state index in [0.717, 1.165) is 0 Å². The van der Waals surface area contributed by atoms with Crippen molar-refractivity contribution in [2.45, 2.75) is 45.5 Å². The van der Waals surface area contributed by atoms with Crippen molar-refractivity contribution in [1.29, 1.82) is 0 Å². The van der Waals surface area contributed by atoms with E-state index >= 15 is 0 Å². The number of carboxylic acid groups (broad SMARTS) is 1. The molecule has 7 heteroatoms. The van der Waals surface area contributed by atoms with E-state index in [1.165, 1.54) is 6.07 Å². The molecule has 4 N–H and O–H groups in total. The van der Waals surface area contributed by atoms with Crippen LogP contribution in [0.4, 0.5) is 4.79 Å². The Labute approximate surface area is 134 Å². The summed E-state index contributed by atoms with van der Waals surface area (Å²) in [4.78, 5) is 22.8. The molecule has 0 aliphatic heterocycles. The van der Waals surface area contributed by atoms with Crippen LogP contribution in [0.2, 0.25) is 0 Å². The summed E-state index contributed by atoms with van der Waals surface area (Å²) in [6.07, 6.45) is -3.55. The summed E-state index contributed by atoms with van der Waals surface area (Å²) in [5.41, 5.74) is -0.110. The van der Waals surface area contributed by atoms with Crippen LogP contribution in [0, 0.1) is 6.92 Å². The van der Waals surface area contributed by atoms with Gasteiger partial charge in [0.25, 0.3) is 0 Å². The zero-order chi connectivity index (χ0) is 17.8. The van der Waals surface area contributed by atoms with E-state index in [9.17, 15) is 24.9 Å². The topological polar surface area (TPSA) is 116 Å². The summed E-state index contributed by atoms with van der Waals surface area (Å²) in [6, 6.07) is 4.54. The van der Waals surface area contributed by atoms with Gasteiger partial charge >= 0.3 is 12.1 Å². The number of nitrogens with one attached hydrogen (secondary N) is 1. The number of aryl methyl sites for hydroxylation is 1. The number of amides is 1. The normalized spacial score (nSPS) is 14.0. The molecule has 0 aliphatic carbocycles. The molecule has 0 heterocycles. The van der Waals surface area contributed by atoms with Crippen LogP contribution >= 0.6 is 0 Å². The number of carboxylic acids is 1. The predicted octanol–water partition coefficient (Wildman–Crippen LogP) is 1.61. The molecule has 23 heavy (non-hydrogen) atoms. The number of benzene rings is 1. The highest BCUT2D eigenvalue weighted by Crippen LogP contribution is 2.25. The van der Waals surface area contributed by atoms with Crippen molar-refractivity contribution in [1.82, 2.24) is 5.32 Å². The first-order valence-corrected chi connectivity index (χ1v) is 7.18. The Morgan fingerprint density at radius 2 is 1.87 bits per heavy atom. The lowest BCUT2D eigenvalue weighted by Gasteiger charge is -2.23. The molecular formula is C16H23NO6. The quantitative estimate of drug-likeness (QED) is 0.653. The first-order valence-electron chi connectivity index (χ1n) is 7.18. The van der Waals surface area contributed by atoms with E-state index < -0.39 is 29.9 Å². The van der Waals surface area contributed by atoms with Crippen LogP contribution in [-0.2, 0) is 4.74 Å². The minimum Gasteiger partial charge on any atom is -0.478 e. The Morgan fingerprint density at radius 1 is 1.26 bits per heavy atom. The molecule has 0 saturated heterocycles. The lowest BCUT2D eigenvalue weighted by molar-refractivity contribution is 0.0118.